The van der Waals surface area contributed by atoms with E-state index in [1.54, 1.807) is 0 Å². The van der Waals surface area contributed by atoms with E-state index in [9.17, 15) is 19.2 Å². The SMILES string of the molecule is CCCC(=O)OCC(=O)NCCCCCCNC(=O)COC(=O)CCC. The van der Waals surface area contributed by atoms with Gasteiger partial charge in [0, 0.05) is 25.9 Å². The highest BCUT2D eigenvalue weighted by Crippen LogP contribution is 1.98. The molecule has 0 rings (SSSR count). The standard InChI is InChI=1S/C18H32N2O6/c1-3-9-17(23)25-13-15(21)19-11-7-5-6-8-12-20-16(22)14-26-18(24)10-4-2/h3-14H2,1-2H3,(H,19,21)(H,20,22). The number of carbonyl (C=O) groups excluding carboxylic acids is 4. The smallest absolute Gasteiger partial charge is 0.306 e. The summed E-state index contributed by atoms with van der Waals surface area (Å²) in [7, 11) is 0. The molecule has 0 atom stereocenters. The Balaban J connectivity index is 3.42. The molecule has 0 aliphatic carbocycles. The second-order valence-electron chi connectivity index (χ2n) is 5.94. The van der Waals surface area contributed by atoms with E-state index >= 15 is 0 Å². The molecule has 0 bridgehead atoms. The molecule has 0 saturated heterocycles. The van der Waals surface area contributed by atoms with Crippen LogP contribution in [-0.2, 0) is 28.7 Å². The Morgan fingerprint density at radius 3 is 1.38 bits per heavy atom. The van der Waals surface area contributed by atoms with Crippen LogP contribution in [0.2, 0.25) is 0 Å². The minimum atomic E-state index is -0.357. The molecule has 2 N–H and O–H groups in total. The lowest BCUT2D eigenvalue weighted by Gasteiger charge is -2.07. The molecule has 8 nitrogen and oxygen atoms in total. The van der Waals surface area contributed by atoms with Gasteiger partial charge in [-0.15, -0.1) is 0 Å². The number of hydrogen-bond acceptors (Lipinski definition) is 6. The van der Waals surface area contributed by atoms with Crippen LogP contribution in [0.15, 0.2) is 0 Å². The molecular formula is C18H32N2O6. The first-order valence-corrected chi connectivity index (χ1v) is 9.34. The minimum Gasteiger partial charge on any atom is -0.456 e. The highest BCUT2D eigenvalue weighted by atomic mass is 16.5. The number of esters is 2. The molecule has 150 valence electrons. The summed E-state index contributed by atoms with van der Waals surface area (Å²) < 4.78 is 9.60. The summed E-state index contributed by atoms with van der Waals surface area (Å²) in [6.45, 7) is 4.35. The van der Waals surface area contributed by atoms with E-state index < -0.39 is 0 Å². The molecule has 0 unspecified atom stereocenters. The molecule has 0 aromatic rings. The van der Waals surface area contributed by atoms with Gasteiger partial charge in [-0.3, -0.25) is 19.2 Å². The van der Waals surface area contributed by atoms with E-state index in [1.807, 2.05) is 13.8 Å². The lowest BCUT2D eigenvalue weighted by atomic mass is 10.2. The van der Waals surface area contributed by atoms with Gasteiger partial charge in [0.2, 0.25) is 0 Å². The summed E-state index contributed by atoms with van der Waals surface area (Å²) >= 11 is 0. The molecule has 2 amide bonds. The first-order chi connectivity index (χ1) is 12.5. The Morgan fingerprint density at radius 2 is 1.04 bits per heavy atom. The van der Waals surface area contributed by atoms with Gasteiger partial charge in [0.25, 0.3) is 11.8 Å². The number of nitrogens with one attached hydrogen (secondary N) is 2. The van der Waals surface area contributed by atoms with Gasteiger partial charge in [0.15, 0.2) is 13.2 Å². The van der Waals surface area contributed by atoms with Gasteiger partial charge in [-0.2, -0.15) is 0 Å². The summed E-state index contributed by atoms with van der Waals surface area (Å²) in [6.07, 6.45) is 5.51. The summed E-state index contributed by atoms with van der Waals surface area (Å²) in [4.78, 5) is 45.1. The first kappa shape index (κ1) is 23.9. The lowest BCUT2D eigenvalue weighted by molar-refractivity contribution is -0.148. The predicted octanol–water partition coefficient (Wildman–Crippen LogP) is 1.47. The quantitative estimate of drug-likeness (QED) is 0.333. The van der Waals surface area contributed by atoms with Gasteiger partial charge in [0.1, 0.15) is 0 Å². The van der Waals surface area contributed by atoms with Crippen LogP contribution in [0.4, 0.5) is 0 Å². The summed E-state index contributed by atoms with van der Waals surface area (Å²) in [6, 6.07) is 0. The Bertz CT molecular complexity index is 399. The van der Waals surface area contributed by atoms with Crippen molar-refractivity contribution in [2.24, 2.45) is 0 Å². The van der Waals surface area contributed by atoms with E-state index in [1.165, 1.54) is 0 Å². The zero-order valence-corrected chi connectivity index (χ0v) is 15.9. The summed E-state index contributed by atoms with van der Waals surface area (Å²) in [5.41, 5.74) is 0. The van der Waals surface area contributed by atoms with Crippen molar-refractivity contribution in [3.05, 3.63) is 0 Å². The minimum absolute atomic E-state index is 0.228. The molecule has 0 aliphatic rings. The van der Waals surface area contributed by atoms with E-state index in [4.69, 9.17) is 9.47 Å². The maximum Gasteiger partial charge on any atom is 0.306 e. The van der Waals surface area contributed by atoms with Crippen molar-refractivity contribution in [1.29, 1.82) is 0 Å². The second-order valence-corrected chi connectivity index (χ2v) is 5.94. The Morgan fingerprint density at radius 1 is 0.654 bits per heavy atom. The number of unbranched alkanes of at least 4 members (excludes halogenated alkanes) is 3. The Hall–Kier alpha value is -2.12. The van der Waals surface area contributed by atoms with Crippen molar-refractivity contribution in [2.45, 2.75) is 65.2 Å². The molecule has 0 fully saturated rings. The molecule has 0 aliphatic heterocycles. The van der Waals surface area contributed by atoms with E-state index in [2.05, 4.69) is 10.6 Å². The number of rotatable bonds is 15. The van der Waals surface area contributed by atoms with Crippen molar-refractivity contribution in [3.8, 4) is 0 Å². The Labute approximate surface area is 155 Å². The van der Waals surface area contributed by atoms with Crippen LogP contribution in [0.25, 0.3) is 0 Å². The Kier molecular flexibility index (Phi) is 15.0. The highest BCUT2D eigenvalue weighted by molar-refractivity contribution is 5.80. The largest absolute Gasteiger partial charge is 0.456 e. The van der Waals surface area contributed by atoms with Gasteiger partial charge >= 0.3 is 11.9 Å². The molecule has 26 heavy (non-hydrogen) atoms. The molecule has 0 heterocycles. The van der Waals surface area contributed by atoms with Crippen LogP contribution in [0.1, 0.15) is 65.2 Å². The summed E-state index contributed by atoms with van der Waals surface area (Å²) in [5.74, 6) is -1.30. The van der Waals surface area contributed by atoms with Crippen molar-refractivity contribution >= 4 is 23.8 Å². The van der Waals surface area contributed by atoms with Crippen LogP contribution in [0, 0.1) is 0 Å². The first-order valence-electron chi connectivity index (χ1n) is 9.34. The number of ether oxygens (including phenoxy) is 2. The number of amides is 2. The predicted molar refractivity (Wildman–Crippen MR) is 96.2 cm³/mol. The molecular weight excluding hydrogens is 340 g/mol. The average molecular weight is 372 g/mol. The zero-order valence-electron chi connectivity index (χ0n) is 15.9. The fourth-order valence-corrected chi connectivity index (χ4v) is 2.01. The zero-order chi connectivity index (χ0) is 19.6. The van der Waals surface area contributed by atoms with Crippen LogP contribution in [0.5, 0.6) is 0 Å². The number of carbonyl (C=O) groups is 4. The van der Waals surface area contributed by atoms with Gasteiger partial charge in [0.05, 0.1) is 0 Å². The van der Waals surface area contributed by atoms with Crippen molar-refractivity contribution in [1.82, 2.24) is 10.6 Å². The van der Waals surface area contributed by atoms with E-state index in [0.29, 0.717) is 38.8 Å². The van der Waals surface area contributed by atoms with Crippen molar-refractivity contribution < 1.29 is 28.7 Å². The number of hydrogen-bond donors (Lipinski definition) is 2. The van der Waals surface area contributed by atoms with Crippen LogP contribution >= 0.6 is 0 Å². The third-order valence-electron chi connectivity index (χ3n) is 3.38. The van der Waals surface area contributed by atoms with Gasteiger partial charge in [-0.05, 0) is 25.7 Å². The third kappa shape index (κ3) is 15.4. The maximum atomic E-state index is 11.4. The highest BCUT2D eigenvalue weighted by Gasteiger charge is 2.07. The fraction of sp³-hybridized carbons (Fsp3) is 0.778. The average Bonchev–Trinajstić information content (AvgIpc) is 2.61. The van der Waals surface area contributed by atoms with E-state index in [-0.39, 0.29) is 37.0 Å². The van der Waals surface area contributed by atoms with Gasteiger partial charge in [-0.1, -0.05) is 26.7 Å². The monoisotopic (exact) mass is 372 g/mol. The second kappa shape index (κ2) is 16.4. The van der Waals surface area contributed by atoms with Crippen molar-refractivity contribution in [2.75, 3.05) is 26.3 Å². The molecule has 0 radical (unpaired) electrons. The van der Waals surface area contributed by atoms with Crippen LogP contribution < -0.4 is 10.6 Å². The molecule has 8 heteroatoms. The fourth-order valence-electron chi connectivity index (χ4n) is 2.01. The van der Waals surface area contributed by atoms with Crippen molar-refractivity contribution in [3.63, 3.8) is 0 Å². The molecule has 0 spiro atoms. The molecule has 0 saturated carbocycles. The lowest BCUT2D eigenvalue weighted by Crippen LogP contribution is -2.30. The normalized spacial score (nSPS) is 10.1. The molecule has 0 aromatic carbocycles. The third-order valence-corrected chi connectivity index (χ3v) is 3.38. The van der Waals surface area contributed by atoms with E-state index in [0.717, 1.165) is 25.7 Å². The maximum absolute atomic E-state index is 11.4. The van der Waals surface area contributed by atoms with Gasteiger partial charge in [-0.25, -0.2) is 0 Å². The molecule has 0 aromatic heterocycles. The topological polar surface area (TPSA) is 111 Å². The van der Waals surface area contributed by atoms with Gasteiger partial charge < -0.3 is 20.1 Å². The summed E-state index contributed by atoms with van der Waals surface area (Å²) in [5, 5.41) is 5.38. The van der Waals surface area contributed by atoms with Crippen LogP contribution in [-0.4, -0.2) is 50.1 Å². The van der Waals surface area contributed by atoms with Crippen LogP contribution in [0.3, 0.4) is 0 Å².